The Morgan fingerprint density at radius 2 is 1.95 bits per heavy atom. The predicted molar refractivity (Wildman–Crippen MR) is 87.2 cm³/mol. The molecule has 0 aromatic heterocycles. The molecule has 110 valence electrons. The third-order valence-corrected chi connectivity index (χ3v) is 3.44. The van der Waals surface area contributed by atoms with Crippen LogP contribution in [0.3, 0.4) is 0 Å². The second-order valence-electron chi connectivity index (χ2n) is 4.75. The molecule has 0 spiro atoms. The third-order valence-electron chi connectivity index (χ3n) is 2.95. The molecule has 3 N–H and O–H groups in total. The van der Waals surface area contributed by atoms with E-state index in [9.17, 15) is 9.18 Å². The van der Waals surface area contributed by atoms with E-state index < -0.39 is 11.7 Å². The van der Waals surface area contributed by atoms with Crippen LogP contribution in [-0.2, 0) is 0 Å². The van der Waals surface area contributed by atoms with Crippen molar-refractivity contribution in [1.29, 1.82) is 0 Å². The fourth-order valence-corrected chi connectivity index (χ4v) is 2.22. The summed E-state index contributed by atoms with van der Waals surface area (Å²) in [5.41, 5.74) is 7.12. The van der Waals surface area contributed by atoms with Gasteiger partial charge in [-0.25, -0.2) is 4.39 Å². The Kier molecular flexibility index (Phi) is 4.47. The molecule has 6 heteroatoms. The van der Waals surface area contributed by atoms with Crippen molar-refractivity contribution in [2.45, 2.75) is 0 Å². The van der Waals surface area contributed by atoms with E-state index >= 15 is 0 Å². The zero-order chi connectivity index (χ0) is 15.6. The second kappa shape index (κ2) is 6.13. The minimum absolute atomic E-state index is 0.0167. The van der Waals surface area contributed by atoms with Crippen LogP contribution < -0.4 is 16.0 Å². The Bertz CT molecular complexity index is 689. The van der Waals surface area contributed by atoms with Crippen molar-refractivity contribution in [3.63, 3.8) is 0 Å². The van der Waals surface area contributed by atoms with Crippen LogP contribution in [0, 0.1) is 5.82 Å². The average Bonchev–Trinajstić information content (AvgIpc) is 2.41. The topological polar surface area (TPSA) is 58.4 Å². The molecule has 2 aromatic rings. The molecule has 2 aromatic carbocycles. The molecule has 21 heavy (non-hydrogen) atoms. The number of nitrogens with one attached hydrogen (secondary N) is 1. The summed E-state index contributed by atoms with van der Waals surface area (Å²) in [7, 11) is 3.75. The summed E-state index contributed by atoms with van der Waals surface area (Å²) in [5, 5.41) is 2.78. The molecule has 0 aliphatic carbocycles. The number of anilines is 3. The molecule has 0 heterocycles. The minimum Gasteiger partial charge on any atom is -0.396 e. The van der Waals surface area contributed by atoms with Gasteiger partial charge >= 0.3 is 0 Å². The standard InChI is InChI=1S/C15H15BrFN3O/c1-20(2)14-6-4-10(16)8-13(14)19-15(21)9-3-5-12(18)11(17)7-9/h3-8H,18H2,1-2H3,(H,19,21). The lowest BCUT2D eigenvalue weighted by Gasteiger charge is -2.18. The van der Waals surface area contributed by atoms with Gasteiger partial charge in [-0.15, -0.1) is 0 Å². The maximum atomic E-state index is 13.4. The molecule has 0 aliphatic heterocycles. The average molecular weight is 352 g/mol. The van der Waals surface area contributed by atoms with Crippen molar-refractivity contribution >= 4 is 38.9 Å². The predicted octanol–water partition coefficient (Wildman–Crippen LogP) is 3.49. The number of carbonyl (C=O) groups excluding carboxylic acids is 1. The number of nitrogen functional groups attached to an aromatic ring is 1. The van der Waals surface area contributed by atoms with Gasteiger partial charge < -0.3 is 16.0 Å². The molecule has 0 saturated heterocycles. The quantitative estimate of drug-likeness (QED) is 0.832. The Labute approximate surface area is 130 Å². The van der Waals surface area contributed by atoms with Crippen molar-refractivity contribution in [3.05, 3.63) is 52.3 Å². The van der Waals surface area contributed by atoms with E-state index in [0.29, 0.717) is 5.69 Å². The maximum Gasteiger partial charge on any atom is 0.255 e. The summed E-state index contributed by atoms with van der Waals surface area (Å²) in [6, 6.07) is 9.54. The zero-order valence-electron chi connectivity index (χ0n) is 11.7. The maximum absolute atomic E-state index is 13.4. The Balaban J connectivity index is 2.30. The number of carbonyl (C=O) groups is 1. The van der Waals surface area contributed by atoms with Gasteiger partial charge in [0.15, 0.2) is 0 Å². The van der Waals surface area contributed by atoms with E-state index in [1.807, 2.05) is 31.1 Å². The minimum atomic E-state index is -0.607. The highest BCUT2D eigenvalue weighted by molar-refractivity contribution is 9.10. The van der Waals surface area contributed by atoms with Crippen LogP contribution >= 0.6 is 15.9 Å². The molecule has 0 fully saturated rings. The van der Waals surface area contributed by atoms with E-state index in [1.165, 1.54) is 12.1 Å². The lowest BCUT2D eigenvalue weighted by molar-refractivity contribution is 0.102. The van der Waals surface area contributed by atoms with Crippen LogP contribution in [0.15, 0.2) is 40.9 Å². The van der Waals surface area contributed by atoms with E-state index in [-0.39, 0.29) is 11.3 Å². The second-order valence-corrected chi connectivity index (χ2v) is 5.66. The number of benzene rings is 2. The Hall–Kier alpha value is -2.08. The van der Waals surface area contributed by atoms with E-state index in [2.05, 4.69) is 21.2 Å². The first-order valence-corrected chi connectivity index (χ1v) is 7.01. The van der Waals surface area contributed by atoms with Crippen molar-refractivity contribution in [2.24, 2.45) is 0 Å². The van der Waals surface area contributed by atoms with E-state index in [0.717, 1.165) is 16.2 Å². The molecule has 0 aliphatic rings. The Morgan fingerprint density at radius 3 is 2.57 bits per heavy atom. The summed E-state index contributed by atoms with van der Waals surface area (Å²) in [5.74, 6) is -1.00. The molecule has 0 unspecified atom stereocenters. The van der Waals surface area contributed by atoms with Gasteiger partial charge in [-0.2, -0.15) is 0 Å². The number of hydrogen-bond donors (Lipinski definition) is 2. The third kappa shape index (κ3) is 3.52. The largest absolute Gasteiger partial charge is 0.396 e. The SMILES string of the molecule is CN(C)c1ccc(Br)cc1NC(=O)c1ccc(N)c(F)c1. The summed E-state index contributed by atoms with van der Waals surface area (Å²) in [4.78, 5) is 14.1. The lowest BCUT2D eigenvalue weighted by Crippen LogP contribution is -2.17. The summed E-state index contributed by atoms with van der Waals surface area (Å²) in [6.45, 7) is 0. The molecule has 0 atom stereocenters. The molecular weight excluding hydrogens is 337 g/mol. The first kappa shape index (κ1) is 15.3. The molecule has 2 rings (SSSR count). The van der Waals surface area contributed by atoms with Crippen LogP contribution in [0.1, 0.15) is 10.4 Å². The van der Waals surface area contributed by atoms with Gasteiger partial charge in [0.1, 0.15) is 5.82 Å². The zero-order valence-corrected chi connectivity index (χ0v) is 13.2. The van der Waals surface area contributed by atoms with Crippen molar-refractivity contribution < 1.29 is 9.18 Å². The molecule has 0 saturated carbocycles. The van der Waals surface area contributed by atoms with Crippen LogP contribution in [0.2, 0.25) is 0 Å². The smallest absolute Gasteiger partial charge is 0.255 e. The number of amides is 1. The molecule has 1 amide bonds. The van der Waals surface area contributed by atoms with Crippen molar-refractivity contribution in [2.75, 3.05) is 30.0 Å². The van der Waals surface area contributed by atoms with E-state index in [4.69, 9.17) is 5.73 Å². The first-order chi connectivity index (χ1) is 9.88. The van der Waals surface area contributed by atoms with Crippen LogP contribution in [0.5, 0.6) is 0 Å². The number of nitrogens with two attached hydrogens (primary N) is 1. The molecule has 4 nitrogen and oxygen atoms in total. The van der Waals surface area contributed by atoms with Crippen molar-refractivity contribution in [1.82, 2.24) is 0 Å². The summed E-state index contributed by atoms with van der Waals surface area (Å²) < 4.78 is 14.3. The van der Waals surface area contributed by atoms with Gasteiger partial charge in [0.2, 0.25) is 0 Å². The highest BCUT2D eigenvalue weighted by Gasteiger charge is 2.12. The van der Waals surface area contributed by atoms with Crippen LogP contribution in [0.25, 0.3) is 0 Å². The van der Waals surface area contributed by atoms with E-state index in [1.54, 1.807) is 6.07 Å². The Morgan fingerprint density at radius 1 is 1.24 bits per heavy atom. The van der Waals surface area contributed by atoms with Gasteiger partial charge in [-0.05, 0) is 36.4 Å². The summed E-state index contributed by atoms with van der Waals surface area (Å²) in [6.07, 6.45) is 0. The normalized spacial score (nSPS) is 10.3. The van der Waals surface area contributed by atoms with Crippen LogP contribution in [0.4, 0.5) is 21.5 Å². The molecule has 0 bridgehead atoms. The lowest BCUT2D eigenvalue weighted by atomic mass is 10.1. The number of halogens is 2. The van der Waals surface area contributed by atoms with Gasteiger partial charge in [0, 0.05) is 24.1 Å². The van der Waals surface area contributed by atoms with Gasteiger partial charge in [0.05, 0.1) is 17.1 Å². The molecule has 0 radical (unpaired) electrons. The fraction of sp³-hybridized carbons (Fsp3) is 0.133. The van der Waals surface area contributed by atoms with Crippen LogP contribution in [-0.4, -0.2) is 20.0 Å². The molecular formula is C15H15BrFN3O. The highest BCUT2D eigenvalue weighted by atomic mass is 79.9. The van der Waals surface area contributed by atoms with Gasteiger partial charge in [-0.3, -0.25) is 4.79 Å². The van der Waals surface area contributed by atoms with Gasteiger partial charge in [0.25, 0.3) is 5.91 Å². The fourth-order valence-electron chi connectivity index (χ4n) is 1.86. The number of rotatable bonds is 3. The number of nitrogens with zero attached hydrogens (tertiary/aromatic N) is 1. The van der Waals surface area contributed by atoms with Gasteiger partial charge in [-0.1, -0.05) is 15.9 Å². The monoisotopic (exact) mass is 351 g/mol. The number of hydrogen-bond acceptors (Lipinski definition) is 3. The first-order valence-electron chi connectivity index (χ1n) is 6.21. The van der Waals surface area contributed by atoms with Crippen molar-refractivity contribution in [3.8, 4) is 0 Å². The summed E-state index contributed by atoms with van der Waals surface area (Å²) >= 11 is 3.37. The highest BCUT2D eigenvalue weighted by Crippen LogP contribution is 2.28.